The predicted molar refractivity (Wildman–Crippen MR) is 134 cm³/mol. The van der Waals surface area contributed by atoms with Crippen molar-refractivity contribution in [1.82, 2.24) is 9.80 Å². The smallest absolute Gasteiger partial charge is 0.254 e. The summed E-state index contributed by atoms with van der Waals surface area (Å²) in [5.74, 6) is 0.743. The Morgan fingerprint density at radius 3 is 2.56 bits per heavy atom. The van der Waals surface area contributed by atoms with Crippen LogP contribution in [0, 0.1) is 13.8 Å². The summed E-state index contributed by atoms with van der Waals surface area (Å²) in [4.78, 5) is 32.0. The van der Waals surface area contributed by atoms with Gasteiger partial charge in [0.05, 0.1) is 6.04 Å². The van der Waals surface area contributed by atoms with Gasteiger partial charge in [0.1, 0.15) is 18.9 Å². The van der Waals surface area contributed by atoms with Crippen LogP contribution in [-0.2, 0) is 11.2 Å². The Morgan fingerprint density at radius 1 is 1.06 bits per heavy atom. The molecule has 6 heteroatoms. The number of aryl methyl sites for hydroxylation is 2. The molecule has 0 saturated heterocycles. The van der Waals surface area contributed by atoms with Gasteiger partial charge in [-0.3, -0.25) is 9.59 Å². The molecule has 176 valence electrons. The Kier molecular flexibility index (Phi) is 6.42. The minimum absolute atomic E-state index is 0.0109. The molecule has 1 aliphatic carbocycles. The SMILES string of the molecule is Cc1ccc(OC[C@H]2c3ccsc3CCN2C(=O)CN(C(=O)c2ccccc2C)C2CC2)cc1. The molecule has 0 bridgehead atoms. The fourth-order valence-electron chi connectivity index (χ4n) is 4.64. The molecule has 1 fully saturated rings. The third-order valence-corrected chi connectivity index (χ3v) is 7.77. The first-order valence-corrected chi connectivity index (χ1v) is 12.8. The van der Waals surface area contributed by atoms with Gasteiger partial charge in [0, 0.05) is 23.0 Å². The summed E-state index contributed by atoms with van der Waals surface area (Å²) in [5.41, 5.74) is 3.97. The summed E-state index contributed by atoms with van der Waals surface area (Å²) < 4.78 is 6.13. The van der Waals surface area contributed by atoms with Gasteiger partial charge in [0.25, 0.3) is 5.91 Å². The Morgan fingerprint density at radius 2 is 1.82 bits per heavy atom. The monoisotopic (exact) mass is 474 g/mol. The molecule has 5 rings (SSSR count). The molecule has 2 heterocycles. The number of nitrogens with zero attached hydrogens (tertiary/aromatic N) is 2. The summed E-state index contributed by atoms with van der Waals surface area (Å²) in [7, 11) is 0. The maximum atomic E-state index is 13.6. The largest absolute Gasteiger partial charge is 0.491 e. The van der Waals surface area contributed by atoms with Crippen molar-refractivity contribution in [2.24, 2.45) is 0 Å². The zero-order chi connectivity index (χ0) is 23.7. The first-order chi connectivity index (χ1) is 16.5. The molecule has 1 aromatic heterocycles. The van der Waals surface area contributed by atoms with E-state index in [4.69, 9.17) is 4.74 Å². The number of amides is 2. The molecule has 2 aliphatic rings. The second-order valence-electron chi connectivity index (χ2n) is 9.26. The van der Waals surface area contributed by atoms with Gasteiger partial charge in [-0.1, -0.05) is 35.9 Å². The van der Waals surface area contributed by atoms with Gasteiger partial charge in [0.2, 0.25) is 5.91 Å². The molecule has 3 aromatic rings. The van der Waals surface area contributed by atoms with Gasteiger partial charge < -0.3 is 14.5 Å². The van der Waals surface area contributed by atoms with E-state index in [9.17, 15) is 9.59 Å². The van der Waals surface area contributed by atoms with E-state index in [0.29, 0.717) is 18.7 Å². The van der Waals surface area contributed by atoms with Crippen molar-refractivity contribution in [3.63, 3.8) is 0 Å². The highest BCUT2D eigenvalue weighted by Crippen LogP contribution is 2.35. The fraction of sp³-hybridized carbons (Fsp3) is 0.357. The van der Waals surface area contributed by atoms with Crippen molar-refractivity contribution in [2.75, 3.05) is 19.7 Å². The highest BCUT2D eigenvalue weighted by Gasteiger charge is 2.38. The quantitative estimate of drug-likeness (QED) is 0.474. The minimum atomic E-state index is -0.154. The lowest BCUT2D eigenvalue weighted by Gasteiger charge is -2.37. The van der Waals surface area contributed by atoms with E-state index in [-0.39, 0.29) is 30.4 Å². The normalized spacial score (nSPS) is 17.2. The highest BCUT2D eigenvalue weighted by atomic mass is 32.1. The van der Waals surface area contributed by atoms with E-state index in [2.05, 4.69) is 11.4 Å². The van der Waals surface area contributed by atoms with Gasteiger partial charge in [-0.05, 0) is 73.9 Å². The topological polar surface area (TPSA) is 49.9 Å². The molecule has 1 saturated carbocycles. The summed E-state index contributed by atoms with van der Waals surface area (Å²) >= 11 is 1.74. The molecule has 2 amide bonds. The predicted octanol–water partition coefficient (Wildman–Crippen LogP) is 5.17. The van der Waals surface area contributed by atoms with E-state index in [0.717, 1.165) is 30.6 Å². The standard InChI is InChI=1S/C28H30N2O3S/c1-19-7-11-22(12-8-19)33-18-25-24-14-16-34-26(24)13-15-29(25)27(31)17-30(21-9-10-21)28(32)23-6-4-3-5-20(23)2/h3-8,11-12,14,16,21,25H,9-10,13,15,17-18H2,1-2H3/t25-/m0/s1. The molecule has 0 N–H and O–H groups in total. The third kappa shape index (κ3) is 4.73. The molecule has 0 radical (unpaired) electrons. The molecular weight excluding hydrogens is 444 g/mol. The van der Waals surface area contributed by atoms with Crippen molar-refractivity contribution >= 4 is 23.2 Å². The van der Waals surface area contributed by atoms with E-state index < -0.39 is 0 Å². The van der Waals surface area contributed by atoms with Crippen LogP contribution in [0.4, 0.5) is 0 Å². The average molecular weight is 475 g/mol. The molecular formula is C28H30N2O3S. The number of carbonyl (C=O) groups excluding carboxylic acids is 2. The number of hydrogen-bond donors (Lipinski definition) is 0. The van der Waals surface area contributed by atoms with Crippen LogP contribution in [0.1, 0.15) is 50.8 Å². The molecule has 2 aromatic carbocycles. The Labute approximate surface area is 205 Å². The van der Waals surface area contributed by atoms with E-state index in [1.165, 1.54) is 16.0 Å². The molecule has 0 unspecified atom stereocenters. The maximum Gasteiger partial charge on any atom is 0.254 e. The second kappa shape index (κ2) is 9.63. The number of rotatable bonds is 7. The Balaban J connectivity index is 1.34. The molecule has 34 heavy (non-hydrogen) atoms. The van der Waals surface area contributed by atoms with Gasteiger partial charge >= 0.3 is 0 Å². The van der Waals surface area contributed by atoms with E-state index >= 15 is 0 Å². The lowest BCUT2D eigenvalue weighted by Crippen LogP contribution is -2.48. The molecule has 1 atom stereocenters. The van der Waals surface area contributed by atoms with Gasteiger partial charge in [-0.2, -0.15) is 0 Å². The summed E-state index contributed by atoms with van der Waals surface area (Å²) in [5, 5.41) is 2.09. The number of benzene rings is 2. The zero-order valence-corrected chi connectivity index (χ0v) is 20.5. The number of hydrogen-bond acceptors (Lipinski definition) is 4. The first-order valence-electron chi connectivity index (χ1n) is 11.9. The van der Waals surface area contributed by atoms with Crippen molar-refractivity contribution < 1.29 is 14.3 Å². The van der Waals surface area contributed by atoms with Crippen molar-refractivity contribution in [2.45, 2.75) is 45.2 Å². The van der Waals surface area contributed by atoms with Gasteiger partial charge in [0.15, 0.2) is 0 Å². The molecule has 5 nitrogen and oxygen atoms in total. The number of ether oxygens (including phenoxy) is 1. The van der Waals surface area contributed by atoms with Crippen LogP contribution >= 0.6 is 11.3 Å². The van der Waals surface area contributed by atoms with Crippen LogP contribution in [0.2, 0.25) is 0 Å². The fourth-order valence-corrected chi connectivity index (χ4v) is 5.57. The van der Waals surface area contributed by atoms with E-state index in [1.807, 2.05) is 67.3 Å². The lowest BCUT2D eigenvalue weighted by molar-refractivity contribution is -0.135. The van der Waals surface area contributed by atoms with Crippen molar-refractivity contribution in [3.8, 4) is 5.75 Å². The first kappa shape index (κ1) is 22.7. The number of fused-ring (bicyclic) bond motifs is 1. The van der Waals surface area contributed by atoms with E-state index in [1.54, 1.807) is 16.2 Å². The van der Waals surface area contributed by atoms with Crippen LogP contribution in [0.5, 0.6) is 5.75 Å². The Bertz CT molecular complexity index is 1180. The number of thiophene rings is 1. The summed E-state index contributed by atoms with van der Waals surface area (Å²) in [6.07, 6.45) is 2.76. The minimum Gasteiger partial charge on any atom is -0.491 e. The van der Waals surface area contributed by atoms with Crippen LogP contribution in [0.3, 0.4) is 0 Å². The van der Waals surface area contributed by atoms with Gasteiger partial charge in [-0.25, -0.2) is 0 Å². The van der Waals surface area contributed by atoms with Crippen LogP contribution in [0.25, 0.3) is 0 Å². The average Bonchev–Trinajstić information content (AvgIpc) is 3.57. The van der Waals surface area contributed by atoms with Crippen LogP contribution < -0.4 is 4.74 Å². The van der Waals surface area contributed by atoms with Gasteiger partial charge in [-0.15, -0.1) is 11.3 Å². The number of carbonyl (C=O) groups is 2. The van der Waals surface area contributed by atoms with Crippen LogP contribution in [0.15, 0.2) is 60.0 Å². The van der Waals surface area contributed by atoms with Crippen LogP contribution in [-0.4, -0.2) is 47.4 Å². The lowest BCUT2D eigenvalue weighted by atomic mass is 10.00. The summed E-state index contributed by atoms with van der Waals surface area (Å²) in [6.45, 7) is 5.14. The third-order valence-electron chi connectivity index (χ3n) is 6.77. The van der Waals surface area contributed by atoms with Crippen molar-refractivity contribution in [3.05, 3.63) is 87.1 Å². The molecule has 1 aliphatic heterocycles. The Hall–Kier alpha value is -3.12. The van der Waals surface area contributed by atoms with Crippen molar-refractivity contribution in [1.29, 1.82) is 0 Å². The summed E-state index contributed by atoms with van der Waals surface area (Å²) in [6, 6.07) is 17.7. The second-order valence-corrected chi connectivity index (χ2v) is 10.3. The zero-order valence-electron chi connectivity index (χ0n) is 19.7. The maximum absolute atomic E-state index is 13.6. The molecule has 0 spiro atoms. The highest BCUT2D eigenvalue weighted by molar-refractivity contribution is 7.10.